The van der Waals surface area contributed by atoms with E-state index in [1.807, 2.05) is 37.4 Å². The quantitative estimate of drug-likeness (QED) is 0.507. The van der Waals surface area contributed by atoms with E-state index < -0.39 is 0 Å². The van der Waals surface area contributed by atoms with Crippen LogP contribution in [0.4, 0.5) is 0 Å². The summed E-state index contributed by atoms with van der Waals surface area (Å²) in [6.07, 6.45) is 2.86. The van der Waals surface area contributed by atoms with Gasteiger partial charge in [0.05, 0.1) is 0 Å². The van der Waals surface area contributed by atoms with Crippen LogP contribution in [-0.2, 0) is 11.3 Å². The Bertz CT molecular complexity index is 605. The second kappa shape index (κ2) is 9.80. The first-order valence-corrected chi connectivity index (χ1v) is 8.14. The van der Waals surface area contributed by atoms with Crippen molar-refractivity contribution in [3.05, 3.63) is 65.2 Å². The Balaban J connectivity index is 1.76. The highest BCUT2D eigenvalue weighted by Gasteiger charge is 1.97. The molecule has 3 nitrogen and oxygen atoms in total. The summed E-state index contributed by atoms with van der Waals surface area (Å²) in [4.78, 5) is 4.40. The fraction of sp³-hybridized carbons (Fsp3) is 0.350. The Kier molecular flexibility index (Phi) is 7.34. The molecule has 0 saturated heterocycles. The second-order valence-corrected chi connectivity index (χ2v) is 5.43. The molecule has 122 valence electrons. The van der Waals surface area contributed by atoms with Crippen molar-refractivity contribution in [1.82, 2.24) is 0 Å². The molecule has 0 heterocycles. The van der Waals surface area contributed by atoms with Gasteiger partial charge in [0.1, 0.15) is 12.4 Å². The Morgan fingerprint density at radius 1 is 1.09 bits per heavy atom. The van der Waals surface area contributed by atoms with Gasteiger partial charge in [0.2, 0.25) is 0 Å². The summed E-state index contributed by atoms with van der Waals surface area (Å²) in [7, 11) is 0. The minimum atomic E-state index is 0.590. The number of benzene rings is 2. The maximum Gasteiger partial charge on any atom is 0.119 e. The van der Waals surface area contributed by atoms with Crippen molar-refractivity contribution in [2.24, 2.45) is 4.99 Å². The Hall–Kier alpha value is -2.13. The smallest absolute Gasteiger partial charge is 0.119 e. The number of aliphatic imine (C=N–C) groups is 1. The monoisotopic (exact) mass is 311 g/mol. The first kappa shape index (κ1) is 17.2. The zero-order valence-electron chi connectivity index (χ0n) is 14.0. The molecule has 2 rings (SSSR count). The summed E-state index contributed by atoms with van der Waals surface area (Å²) in [5, 5.41) is 0. The zero-order chi connectivity index (χ0) is 16.3. The van der Waals surface area contributed by atoms with Crippen molar-refractivity contribution >= 4 is 6.21 Å². The van der Waals surface area contributed by atoms with E-state index in [4.69, 9.17) is 9.47 Å². The second-order valence-electron chi connectivity index (χ2n) is 5.43. The van der Waals surface area contributed by atoms with E-state index in [-0.39, 0.29) is 0 Å². The number of hydrogen-bond donors (Lipinski definition) is 0. The van der Waals surface area contributed by atoms with Crippen molar-refractivity contribution in [3.63, 3.8) is 0 Å². The SMILES string of the molecule is CCOCCC/N=C/c1ccc(OCc2cccc(C)c2)cc1. The van der Waals surface area contributed by atoms with E-state index >= 15 is 0 Å². The molecule has 2 aromatic carbocycles. The van der Waals surface area contributed by atoms with E-state index in [0.29, 0.717) is 6.61 Å². The van der Waals surface area contributed by atoms with Gasteiger partial charge >= 0.3 is 0 Å². The molecule has 0 radical (unpaired) electrons. The molecular formula is C20H25NO2. The van der Waals surface area contributed by atoms with Crippen LogP contribution in [0.3, 0.4) is 0 Å². The normalized spacial score (nSPS) is 11.0. The zero-order valence-corrected chi connectivity index (χ0v) is 14.0. The van der Waals surface area contributed by atoms with Gasteiger partial charge < -0.3 is 9.47 Å². The molecular weight excluding hydrogens is 286 g/mol. The van der Waals surface area contributed by atoms with Gasteiger partial charge in [0.15, 0.2) is 0 Å². The average Bonchev–Trinajstić information content (AvgIpc) is 2.57. The molecule has 0 bridgehead atoms. The lowest BCUT2D eigenvalue weighted by molar-refractivity contribution is 0.146. The molecule has 0 aliphatic carbocycles. The summed E-state index contributed by atoms with van der Waals surface area (Å²) in [6.45, 7) is 7.03. The summed E-state index contributed by atoms with van der Waals surface area (Å²) in [5.74, 6) is 0.875. The van der Waals surface area contributed by atoms with Crippen LogP contribution in [0.15, 0.2) is 53.5 Å². The minimum absolute atomic E-state index is 0.590. The van der Waals surface area contributed by atoms with E-state index in [2.05, 4.69) is 36.2 Å². The van der Waals surface area contributed by atoms with Crippen LogP contribution in [0.1, 0.15) is 30.0 Å². The molecule has 0 N–H and O–H groups in total. The van der Waals surface area contributed by atoms with Gasteiger partial charge in [-0.2, -0.15) is 0 Å². The first-order valence-electron chi connectivity index (χ1n) is 8.14. The molecule has 0 aliphatic heterocycles. The number of hydrogen-bond acceptors (Lipinski definition) is 3. The van der Waals surface area contributed by atoms with Gasteiger partial charge in [-0.25, -0.2) is 0 Å². The minimum Gasteiger partial charge on any atom is -0.489 e. The van der Waals surface area contributed by atoms with Crippen molar-refractivity contribution in [3.8, 4) is 5.75 Å². The Morgan fingerprint density at radius 3 is 2.65 bits per heavy atom. The van der Waals surface area contributed by atoms with Crippen LogP contribution in [0.5, 0.6) is 5.75 Å². The summed E-state index contributed by atoms with van der Waals surface area (Å²) in [5.41, 5.74) is 3.52. The third-order valence-corrected chi connectivity index (χ3v) is 3.39. The molecule has 0 aromatic heterocycles. The molecule has 0 unspecified atom stereocenters. The highest BCUT2D eigenvalue weighted by Crippen LogP contribution is 2.14. The largest absolute Gasteiger partial charge is 0.489 e. The summed E-state index contributed by atoms with van der Waals surface area (Å²) < 4.78 is 11.1. The highest BCUT2D eigenvalue weighted by molar-refractivity contribution is 5.79. The van der Waals surface area contributed by atoms with Gasteiger partial charge in [-0.3, -0.25) is 4.99 Å². The molecule has 0 atom stereocenters. The lowest BCUT2D eigenvalue weighted by Crippen LogP contribution is -1.96. The fourth-order valence-electron chi connectivity index (χ4n) is 2.19. The van der Waals surface area contributed by atoms with Gasteiger partial charge in [-0.1, -0.05) is 29.8 Å². The van der Waals surface area contributed by atoms with Gasteiger partial charge in [0.25, 0.3) is 0 Å². The molecule has 0 saturated carbocycles. The molecule has 2 aromatic rings. The Labute approximate surface area is 139 Å². The number of aryl methyl sites for hydroxylation is 1. The molecule has 3 heteroatoms. The van der Waals surface area contributed by atoms with Crippen LogP contribution in [0.25, 0.3) is 0 Å². The van der Waals surface area contributed by atoms with Gasteiger partial charge in [-0.05, 0) is 55.7 Å². The highest BCUT2D eigenvalue weighted by atomic mass is 16.5. The van der Waals surface area contributed by atoms with E-state index in [0.717, 1.165) is 37.5 Å². The third kappa shape index (κ3) is 6.66. The maximum atomic E-state index is 5.81. The standard InChI is InChI=1S/C20H25NO2/c1-3-22-13-5-12-21-15-18-8-10-20(11-9-18)23-16-19-7-4-6-17(2)14-19/h4,6-11,14-15H,3,5,12-13,16H2,1-2H3/b21-15+. The van der Waals surface area contributed by atoms with Crippen LogP contribution in [-0.4, -0.2) is 26.0 Å². The number of ether oxygens (including phenoxy) is 2. The van der Waals surface area contributed by atoms with E-state index in [1.165, 1.54) is 11.1 Å². The van der Waals surface area contributed by atoms with Gasteiger partial charge in [-0.15, -0.1) is 0 Å². The summed E-state index contributed by atoms with van der Waals surface area (Å²) >= 11 is 0. The predicted octanol–water partition coefficient (Wildman–Crippen LogP) is 4.42. The fourth-order valence-corrected chi connectivity index (χ4v) is 2.19. The van der Waals surface area contributed by atoms with Crippen molar-refractivity contribution in [2.45, 2.75) is 26.9 Å². The lowest BCUT2D eigenvalue weighted by Gasteiger charge is -2.07. The maximum absolute atomic E-state index is 5.81. The van der Waals surface area contributed by atoms with Crippen LogP contribution in [0, 0.1) is 6.92 Å². The van der Waals surface area contributed by atoms with E-state index in [1.54, 1.807) is 0 Å². The average molecular weight is 311 g/mol. The molecule has 0 fully saturated rings. The van der Waals surface area contributed by atoms with Crippen molar-refractivity contribution in [1.29, 1.82) is 0 Å². The number of nitrogens with zero attached hydrogens (tertiary/aromatic N) is 1. The topological polar surface area (TPSA) is 30.8 Å². The van der Waals surface area contributed by atoms with Crippen LogP contribution >= 0.6 is 0 Å². The first-order chi connectivity index (χ1) is 11.3. The van der Waals surface area contributed by atoms with Crippen LogP contribution < -0.4 is 4.74 Å². The lowest BCUT2D eigenvalue weighted by atomic mass is 10.1. The molecule has 0 aliphatic rings. The summed E-state index contributed by atoms with van der Waals surface area (Å²) in [6, 6.07) is 16.4. The van der Waals surface area contributed by atoms with Crippen LogP contribution in [0.2, 0.25) is 0 Å². The Morgan fingerprint density at radius 2 is 1.91 bits per heavy atom. The number of rotatable bonds is 9. The van der Waals surface area contributed by atoms with E-state index in [9.17, 15) is 0 Å². The molecule has 0 amide bonds. The predicted molar refractivity (Wildman–Crippen MR) is 95.5 cm³/mol. The third-order valence-electron chi connectivity index (χ3n) is 3.39. The molecule has 23 heavy (non-hydrogen) atoms. The van der Waals surface area contributed by atoms with Gasteiger partial charge in [0, 0.05) is 26.0 Å². The molecule has 0 spiro atoms. The van der Waals surface area contributed by atoms with Crippen molar-refractivity contribution < 1.29 is 9.47 Å². The van der Waals surface area contributed by atoms with Crippen molar-refractivity contribution in [2.75, 3.05) is 19.8 Å².